The standard InChI is InChI=1S/C18H23ClN2O5.ClH/c1-25-14-7-13(15(26-2)6-12(14)19)20-16(22)9-21-8-11-4-3-5-18(11,10-21)17(23)24;/h6-7,11H,3-5,8-10H2,1-2H3,(H,20,22)(H,23,24);1H/t11-,18+;/m0./s1. The molecular formula is C18H24Cl2N2O5. The summed E-state index contributed by atoms with van der Waals surface area (Å²) in [5, 5.41) is 12.8. The molecule has 1 amide bonds. The van der Waals surface area contributed by atoms with Gasteiger partial charge in [-0.2, -0.15) is 0 Å². The van der Waals surface area contributed by atoms with Gasteiger partial charge in [0.2, 0.25) is 5.91 Å². The van der Waals surface area contributed by atoms with Crippen molar-refractivity contribution in [2.75, 3.05) is 39.2 Å². The minimum Gasteiger partial charge on any atom is -0.495 e. The van der Waals surface area contributed by atoms with Crippen molar-refractivity contribution in [3.63, 3.8) is 0 Å². The Hall–Kier alpha value is -1.70. The van der Waals surface area contributed by atoms with Gasteiger partial charge in [-0.3, -0.25) is 14.5 Å². The number of nitrogens with one attached hydrogen (secondary N) is 1. The lowest BCUT2D eigenvalue weighted by atomic mass is 9.81. The maximum atomic E-state index is 12.5. The summed E-state index contributed by atoms with van der Waals surface area (Å²) in [5.74, 6) is 0.0194. The first-order chi connectivity index (χ1) is 12.4. The smallest absolute Gasteiger partial charge is 0.311 e. The molecule has 1 aliphatic heterocycles. The molecule has 2 N–H and O–H groups in total. The highest BCUT2D eigenvalue weighted by Crippen LogP contribution is 2.48. The van der Waals surface area contributed by atoms with Gasteiger partial charge in [0.25, 0.3) is 0 Å². The summed E-state index contributed by atoms with van der Waals surface area (Å²) in [7, 11) is 2.99. The second-order valence-electron chi connectivity index (χ2n) is 6.96. The van der Waals surface area contributed by atoms with Crippen LogP contribution in [0.15, 0.2) is 12.1 Å². The Balaban J connectivity index is 0.00000261. The summed E-state index contributed by atoms with van der Waals surface area (Å²) in [6.07, 6.45) is 2.54. The van der Waals surface area contributed by atoms with E-state index in [0.29, 0.717) is 41.7 Å². The predicted octanol–water partition coefficient (Wildman–Crippen LogP) is 2.90. The van der Waals surface area contributed by atoms with E-state index in [2.05, 4.69) is 5.32 Å². The molecule has 1 saturated carbocycles. The molecule has 0 aromatic heterocycles. The van der Waals surface area contributed by atoms with E-state index in [4.69, 9.17) is 21.1 Å². The Kier molecular flexibility index (Phi) is 6.83. The molecular weight excluding hydrogens is 395 g/mol. The van der Waals surface area contributed by atoms with E-state index in [1.807, 2.05) is 4.90 Å². The molecule has 2 aliphatic rings. The highest BCUT2D eigenvalue weighted by atomic mass is 35.5. The molecule has 9 heteroatoms. The largest absolute Gasteiger partial charge is 0.495 e. The molecule has 1 aromatic carbocycles. The number of rotatable bonds is 6. The van der Waals surface area contributed by atoms with Gasteiger partial charge in [0.15, 0.2) is 0 Å². The van der Waals surface area contributed by atoms with Gasteiger partial charge >= 0.3 is 5.97 Å². The molecule has 2 fully saturated rings. The van der Waals surface area contributed by atoms with Crippen LogP contribution in [-0.4, -0.2) is 55.7 Å². The summed E-state index contributed by atoms with van der Waals surface area (Å²) >= 11 is 6.07. The van der Waals surface area contributed by atoms with Crippen molar-refractivity contribution in [2.45, 2.75) is 19.3 Å². The van der Waals surface area contributed by atoms with Crippen molar-refractivity contribution in [1.29, 1.82) is 0 Å². The van der Waals surface area contributed by atoms with E-state index in [0.717, 1.165) is 12.8 Å². The van der Waals surface area contributed by atoms with Crippen LogP contribution in [0.2, 0.25) is 5.02 Å². The van der Waals surface area contributed by atoms with Crippen LogP contribution in [-0.2, 0) is 9.59 Å². The minimum absolute atomic E-state index is 0. The number of fused-ring (bicyclic) bond motifs is 1. The first kappa shape index (κ1) is 21.6. The molecule has 0 unspecified atom stereocenters. The summed E-state index contributed by atoms with van der Waals surface area (Å²) in [5.41, 5.74) is -0.229. The Morgan fingerprint density at radius 3 is 2.63 bits per heavy atom. The lowest BCUT2D eigenvalue weighted by Crippen LogP contribution is -2.37. The number of ether oxygens (including phenoxy) is 2. The lowest BCUT2D eigenvalue weighted by Gasteiger charge is -2.23. The summed E-state index contributed by atoms with van der Waals surface area (Å²) in [6.45, 7) is 1.20. The molecule has 1 aliphatic carbocycles. The fourth-order valence-electron chi connectivity index (χ4n) is 4.21. The molecule has 2 atom stereocenters. The molecule has 7 nitrogen and oxygen atoms in total. The number of amides is 1. The number of hydrogen-bond acceptors (Lipinski definition) is 5. The topological polar surface area (TPSA) is 88.1 Å². The van der Waals surface area contributed by atoms with Gasteiger partial charge in [0.1, 0.15) is 11.5 Å². The highest BCUT2D eigenvalue weighted by Gasteiger charge is 2.54. The maximum absolute atomic E-state index is 12.5. The van der Waals surface area contributed by atoms with Crippen LogP contribution in [0, 0.1) is 11.3 Å². The van der Waals surface area contributed by atoms with Crippen LogP contribution < -0.4 is 14.8 Å². The number of aliphatic carboxylic acids is 1. The monoisotopic (exact) mass is 418 g/mol. The average molecular weight is 419 g/mol. The number of methoxy groups -OCH3 is 2. The van der Waals surface area contributed by atoms with Crippen LogP contribution in [0.5, 0.6) is 11.5 Å². The van der Waals surface area contributed by atoms with E-state index in [1.54, 1.807) is 12.1 Å². The zero-order valence-electron chi connectivity index (χ0n) is 15.3. The van der Waals surface area contributed by atoms with Crippen molar-refractivity contribution >= 4 is 41.6 Å². The third-order valence-electron chi connectivity index (χ3n) is 5.48. The SMILES string of the molecule is COc1cc(NC(=O)CN2C[C@@H]3CCC[C@@]3(C(=O)O)C2)c(OC)cc1Cl.Cl. The van der Waals surface area contributed by atoms with Crippen molar-refractivity contribution in [2.24, 2.45) is 11.3 Å². The molecule has 1 heterocycles. The molecule has 1 saturated heterocycles. The van der Waals surface area contributed by atoms with Crippen LogP contribution in [0.25, 0.3) is 0 Å². The molecule has 27 heavy (non-hydrogen) atoms. The molecule has 1 aromatic rings. The normalized spacial score (nSPS) is 24.0. The first-order valence-electron chi connectivity index (χ1n) is 8.56. The van der Waals surface area contributed by atoms with Crippen LogP contribution in [0.3, 0.4) is 0 Å². The molecule has 150 valence electrons. The Morgan fingerprint density at radius 1 is 1.33 bits per heavy atom. The van der Waals surface area contributed by atoms with Crippen molar-refractivity contribution in [1.82, 2.24) is 4.90 Å². The number of nitrogens with zero attached hydrogens (tertiary/aromatic N) is 1. The van der Waals surface area contributed by atoms with Gasteiger partial charge in [0, 0.05) is 25.2 Å². The number of carboxylic acids is 1. The molecule has 0 bridgehead atoms. The van der Waals surface area contributed by atoms with Crippen molar-refractivity contribution in [3.8, 4) is 11.5 Å². The Bertz CT molecular complexity index is 730. The van der Waals surface area contributed by atoms with Gasteiger partial charge in [0.05, 0.1) is 36.9 Å². The van der Waals surface area contributed by atoms with Crippen LogP contribution in [0.1, 0.15) is 19.3 Å². The number of carbonyl (C=O) groups is 2. The second kappa shape index (κ2) is 8.54. The Morgan fingerprint density at radius 2 is 2.04 bits per heavy atom. The second-order valence-corrected chi connectivity index (χ2v) is 7.36. The number of anilines is 1. The summed E-state index contributed by atoms with van der Waals surface area (Å²) in [6, 6.07) is 3.19. The number of hydrogen-bond donors (Lipinski definition) is 2. The van der Waals surface area contributed by atoms with E-state index < -0.39 is 11.4 Å². The number of carbonyl (C=O) groups excluding carboxylic acids is 1. The number of halogens is 2. The van der Waals surface area contributed by atoms with E-state index in [9.17, 15) is 14.7 Å². The lowest BCUT2D eigenvalue weighted by molar-refractivity contribution is -0.149. The van der Waals surface area contributed by atoms with Gasteiger partial charge in [-0.25, -0.2) is 0 Å². The maximum Gasteiger partial charge on any atom is 0.311 e. The van der Waals surface area contributed by atoms with Crippen LogP contribution >= 0.6 is 24.0 Å². The zero-order valence-corrected chi connectivity index (χ0v) is 16.9. The average Bonchev–Trinajstić information content (AvgIpc) is 3.13. The van der Waals surface area contributed by atoms with Gasteiger partial charge in [-0.15, -0.1) is 12.4 Å². The number of carboxylic acid groups (broad SMARTS) is 1. The summed E-state index contributed by atoms with van der Waals surface area (Å²) < 4.78 is 10.4. The van der Waals surface area contributed by atoms with Crippen LogP contribution in [0.4, 0.5) is 5.69 Å². The Labute approximate surface area is 169 Å². The van der Waals surface area contributed by atoms with Gasteiger partial charge in [-0.1, -0.05) is 18.0 Å². The quantitative estimate of drug-likeness (QED) is 0.738. The van der Waals surface area contributed by atoms with Gasteiger partial charge < -0.3 is 19.9 Å². The molecule has 0 radical (unpaired) electrons. The minimum atomic E-state index is -0.744. The highest BCUT2D eigenvalue weighted by molar-refractivity contribution is 6.32. The van der Waals surface area contributed by atoms with E-state index >= 15 is 0 Å². The molecule has 3 rings (SSSR count). The van der Waals surface area contributed by atoms with E-state index in [1.165, 1.54) is 14.2 Å². The third-order valence-corrected chi connectivity index (χ3v) is 5.78. The zero-order chi connectivity index (χ0) is 18.9. The fourth-order valence-corrected chi connectivity index (χ4v) is 4.45. The van der Waals surface area contributed by atoms with Crippen molar-refractivity contribution < 1.29 is 24.2 Å². The van der Waals surface area contributed by atoms with Crippen molar-refractivity contribution in [3.05, 3.63) is 17.2 Å². The number of benzene rings is 1. The first-order valence-corrected chi connectivity index (χ1v) is 8.94. The van der Waals surface area contributed by atoms with E-state index in [-0.39, 0.29) is 30.8 Å². The fraction of sp³-hybridized carbons (Fsp3) is 0.556. The third kappa shape index (κ3) is 4.10. The molecule has 0 spiro atoms. The van der Waals surface area contributed by atoms with Gasteiger partial charge in [-0.05, 0) is 18.8 Å². The number of likely N-dealkylation sites (tertiary alicyclic amines) is 1. The summed E-state index contributed by atoms with van der Waals surface area (Å²) in [4.78, 5) is 26.2. The predicted molar refractivity (Wildman–Crippen MR) is 104 cm³/mol.